The molecule has 0 amide bonds. The average Bonchev–Trinajstić information content (AvgIpc) is 3.10. The number of hydrogen-bond donors (Lipinski definition) is 1. The molecule has 2 aromatic carbocycles. The van der Waals surface area contributed by atoms with Gasteiger partial charge in [0.25, 0.3) is 15.6 Å². The lowest BCUT2D eigenvalue weighted by Crippen LogP contribution is -2.53. The molecular formula is C20H15F9N2O3S. The lowest BCUT2D eigenvalue weighted by atomic mass is 9.92. The molecule has 0 aliphatic carbocycles. The van der Waals surface area contributed by atoms with Crippen LogP contribution in [-0.4, -0.2) is 43.2 Å². The second-order valence-electron chi connectivity index (χ2n) is 7.50. The molecule has 1 N–H and O–H groups in total. The fourth-order valence-corrected chi connectivity index (χ4v) is 5.11. The van der Waals surface area contributed by atoms with Crippen LogP contribution in [0, 0.1) is 0 Å². The molecule has 3 rings (SSSR count). The van der Waals surface area contributed by atoms with Gasteiger partial charge in [0.1, 0.15) is 6.54 Å². The van der Waals surface area contributed by atoms with Crippen molar-refractivity contribution in [3.8, 4) is 0 Å². The molecule has 0 radical (unpaired) electrons. The van der Waals surface area contributed by atoms with E-state index in [1.54, 1.807) is 7.05 Å². The van der Waals surface area contributed by atoms with Gasteiger partial charge in [-0.25, -0.2) is 8.42 Å². The molecule has 0 saturated carbocycles. The van der Waals surface area contributed by atoms with Crippen LogP contribution in [0.15, 0.2) is 59.6 Å². The van der Waals surface area contributed by atoms with Gasteiger partial charge in [0.2, 0.25) is 0 Å². The number of anilines is 1. The van der Waals surface area contributed by atoms with Gasteiger partial charge >= 0.3 is 18.5 Å². The quantitative estimate of drug-likeness (QED) is 0.455. The first kappa shape index (κ1) is 26.7. The van der Waals surface area contributed by atoms with E-state index in [2.05, 4.69) is 0 Å². The summed E-state index contributed by atoms with van der Waals surface area (Å²) in [6.07, 6.45) is -16.1. The number of halogens is 9. The highest BCUT2D eigenvalue weighted by Gasteiger charge is 2.71. The van der Waals surface area contributed by atoms with Crippen molar-refractivity contribution in [2.45, 2.75) is 29.0 Å². The molecule has 0 saturated heterocycles. The Morgan fingerprint density at radius 1 is 0.857 bits per heavy atom. The van der Waals surface area contributed by atoms with Gasteiger partial charge in [0.15, 0.2) is 0 Å². The second-order valence-corrected chi connectivity index (χ2v) is 9.33. The lowest BCUT2D eigenvalue weighted by molar-refractivity contribution is -0.376. The van der Waals surface area contributed by atoms with Crippen LogP contribution in [0.3, 0.4) is 0 Å². The number of aryl methyl sites for hydroxylation is 1. The second kappa shape index (κ2) is 8.33. The van der Waals surface area contributed by atoms with Crippen molar-refractivity contribution in [2.24, 2.45) is 7.05 Å². The monoisotopic (exact) mass is 534 g/mol. The zero-order valence-corrected chi connectivity index (χ0v) is 18.2. The van der Waals surface area contributed by atoms with Crippen molar-refractivity contribution in [2.75, 3.05) is 10.8 Å². The molecule has 0 aliphatic heterocycles. The molecular weight excluding hydrogens is 519 g/mol. The van der Waals surface area contributed by atoms with Crippen molar-refractivity contribution in [1.82, 2.24) is 4.57 Å². The van der Waals surface area contributed by atoms with Crippen molar-refractivity contribution < 1.29 is 53.0 Å². The summed E-state index contributed by atoms with van der Waals surface area (Å²) in [7, 11) is -3.46. The van der Waals surface area contributed by atoms with Crippen LogP contribution in [0.5, 0.6) is 0 Å². The highest BCUT2D eigenvalue weighted by Crippen LogP contribution is 2.50. The molecule has 0 fully saturated rings. The Labute approximate surface area is 192 Å². The van der Waals surface area contributed by atoms with Gasteiger partial charge in [-0.2, -0.15) is 39.5 Å². The van der Waals surface area contributed by atoms with Gasteiger partial charge in [0.05, 0.1) is 10.6 Å². The molecule has 0 aliphatic rings. The van der Waals surface area contributed by atoms with E-state index >= 15 is 0 Å². The third-order valence-electron chi connectivity index (χ3n) is 5.17. The van der Waals surface area contributed by atoms with E-state index in [0.717, 1.165) is 6.07 Å². The SMILES string of the molecule is Cn1ccc2c(S(=O)(=O)N(CC(F)(F)F)c3ccc(C(O)(C(F)(F)F)C(F)(F)F)cc3)cccc21. The number of aromatic nitrogens is 1. The summed E-state index contributed by atoms with van der Waals surface area (Å²) in [5.74, 6) is 0. The first-order chi connectivity index (χ1) is 15.8. The summed E-state index contributed by atoms with van der Waals surface area (Å²) in [5, 5.41) is 9.51. The zero-order chi connectivity index (χ0) is 26.6. The predicted molar refractivity (Wildman–Crippen MR) is 106 cm³/mol. The van der Waals surface area contributed by atoms with Gasteiger partial charge in [-0.05, 0) is 30.3 Å². The van der Waals surface area contributed by atoms with Gasteiger partial charge < -0.3 is 9.67 Å². The van der Waals surface area contributed by atoms with E-state index in [9.17, 15) is 53.0 Å². The molecule has 0 bridgehead atoms. The van der Waals surface area contributed by atoms with Crippen LogP contribution in [-0.2, 0) is 22.7 Å². The Morgan fingerprint density at radius 2 is 1.40 bits per heavy atom. The molecule has 1 aromatic heterocycles. The maximum Gasteiger partial charge on any atom is 0.430 e. The summed E-state index contributed by atoms with van der Waals surface area (Å²) in [6.45, 7) is -2.12. The fourth-order valence-electron chi connectivity index (χ4n) is 3.45. The Kier molecular flexibility index (Phi) is 6.34. The summed E-state index contributed by atoms with van der Waals surface area (Å²) >= 11 is 0. The average molecular weight is 534 g/mol. The summed E-state index contributed by atoms with van der Waals surface area (Å²) in [6, 6.07) is 5.88. The van der Waals surface area contributed by atoms with Gasteiger partial charge in [-0.15, -0.1) is 0 Å². The number of alkyl halides is 9. The maximum atomic E-state index is 13.3. The Balaban J connectivity index is 2.17. The number of sulfonamides is 1. The van der Waals surface area contributed by atoms with E-state index in [0.29, 0.717) is 17.6 Å². The largest absolute Gasteiger partial charge is 0.430 e. The van der Waals surface area contributed by atoms with Crippen molar-refractivity contribution in [3.05, 3.63) is 60.3 Å². The number of nitrogens with zero attached hydrogens (tertiary/aromatic N) is 2. The third kappa shape index (κ3) is 4.66. The molecule has 0 unspecified atom stereocenters. The van der Waals surface area contributed by atoms with E-state index in [-0.39, 0.29) is 21.8 Å². The highest BCUT2D eigenvalue weighted by molar-refractivity contribution is 7.93. The zero-order valence-electron chi connectivity index (χ0n) is 17.4. The molecule has 3 aromatic rings. The standard InChI is InChI=1S/C20H15F9N2O3S/c1-30-10-9-14-15(30)3-2-4-16(14)35(33,34)31(11-17(21,22)23)13-7-5-12(6-8-13)18(32,19(24,25)26)20(27,28)29/h2-10,32H,11H2,1H3. The highest BCUT2D eigenvalue weighted by atomic mass is 32.2. The van der Waals surface area contributed by atoms with E-state index in [1.807, 2.05) is 0 Å². The number of rotatable bonds is 5. The molecule has 35 heavy (non-hydrogen) atoms. The van der Waals surface area contributed by atoms with Crippen molar-refractivity contribution in [3.63, 3.8) is 0 Å². The molecule has 1 heterocycles. The normalized spacial score (nSPS) is 13.9. The minimum Gasteiger partial charge on any atom is -0.369 e. The number of fused-ring (bicyclic) bond motifs is 1. The third-order valence-corrected chi connectivity index (χ3v) is 7.00. The van der Waals surface area contributed by atoms with Crippen LogP contribution >= 0.6 is 0 Å². The fraction of sp³-hybridized carbons (Fsp3) is 0.300. The minimum absolute atomic E-state index is 0.0438. The van der Waals surface area contributed by atoms with Crippen LogP contribution in [0.1, 0.15) is 5.56 Å². The molecule has 5 nitrogen and oxygen atoms in total. The number of benzene rings is 2. The molecule has 0 atom stereocenters. The molecule has 0 spiro atoms. The van der Waals surface area contributed by atoms with Gasteiger partial charge in [0, 0.05) is 29.7 Å². The predicted octanol–water partition coefficient (Wildman–Crippen LogP) is 5.25. The summed E-state index contributed by atoms with van der Waals surface area (Å²) in [5.41, 5.74) is -7.61. The van der Waals surface area contributed by atoms with Gasteiger partial charge in [-0.1, -0.05) is 18.2 Å². The van der Waals surface area contributed by atoms with Crippen LogP contribution < -0.4 is 4.31 Å². The molecule has 15 heteroatoms. The van der Waals surface area contributed by atoms with E-state index in [1.165, 1.54) is 29.0 Å². The van der Waals surface area contributed by atoms with E-state index in [4.69, 9.17) is 0 Å². The number of aliphatic hydroxyl groups is 1. The topological polar surface area (TPSA) is 62.5 Å². The smallest absolute Gasteiger partial charge is 0.369 e. The lowest BCUT2D eigenvalue weighted by Gasteiger charge is -2.33. The Morgan fingerprint density at radius 3 is 1.89 bits per heavy atom. The minimum atomic E-state index is -6.23. The maximum absolute atomic E-state index is 13.3. The first-order valence-electron chi connectivity index (χ1n) is 9.40. The summed E-state index contributed by atoms with van der Waals surface area (Å²) < 4.78 is 146. The first-order valence-corrected chi connectivity index (χ1v) is 10.8. The summed E-state index contributed by atoms with van der Waals surface area (Å²) in [4.78, 5) is -0.564. The Bertz CT molecular complexity index is 1310. The van der Waals surface area contributed by atoms with Gasteiger partial charge in [-0.3, -0.25) is 4.31 Å². The Hall–Kier alpha value is -2.94. The van der Waals surface area contributed by atoms with Crippen molar-refractivity contribution in [1.29, 1.82) is 0 Å². The molecule has 192 valence electrons. The number of hydrogen-bond acceptors (Lipinski definition) is 3. The van der Waals surface area contributed by atoms with Crippen LogP contribution in [0.2, 0.25) is 0 Å². The van der Waals surface area contributed by atoms with Crippen LogP contribution in [0.25, 0.3) is 10.9 Å². The van der Waals surface area contributed by atoms with Crippen molar-refractivity contribution >= 4 is 26.6 Å². The van der Waals surface area contributed by atoms with Crippen LogP contribution in [0.4, 0.5) is 45.2 Å². The van der Waals surface area contributed by atoms with E-state index < -0.39 is 56.8 Å².